The van der Waals surface area contributed by atoms with Gasteiger partial charge in [-0.25, -0.2) is 14.4 Å². The zero-order chi connectivity index (χ0) is 22.0. The number of carbonyl (C=O) groups is 1. The Balaban J connectivity index is 1.45. The zero-order valence-corrected chi connectivity index (χ0v) is 18.1. The highest BCUT2D eigenvalue weighted by Gasteiger charge is 2.29. The normalized spacial score (nSPS) is 16.3. The molecule has 6 nitrogen and oxygen atoms in total. The van der Waals surface area contributed by atoms with Gasteiger partial charge in [-0.3, -0.25) is 4.79 Å². The standard InChI is InChI=1S/C22H19Cl2FN4O2/c1-14-12-28(8-9-29(14)22(30)16-4-2-3-5-17(16)23)20-11-21(27-13-26-20)31-15-6-7-19(25)18(24)10-15/h2-7,10-11,13-14H,8-9,12H2,1H3/t14-/m0/s1. The molecular weight excluding hydrogens is 442 g/mol. The molecule has 1 atom stereocenters. The Morgan fingerprint density at radius 1 is 1.10 bits per heavy atom. The van der Waals surface area contributed by atoms with Crippen LogP contribution in [0, 0.1) is 5.82 Å². The number of halogens is 3. The van der Waals surface area contributed by atoms with Crippen molar-refractivity contribution in [2.24, 2.45) is 0 Å². The summed E-state index contributed by atoms with van der Waals surface area (Å²) in [4.78, 5) is 25.3. The molecule has 1 aromatic heterocycles. The minimum absolute atomic E-state index is 0.0279. The third-order valence-corrected chi connectivity index (χ3v) is 5.68. The molecule has 1 saturated heterocycles. The molecule has 2 heterocycles. The van der Waals surface area contributed by atoms with Crippen molar-refractivity contribution in [3.8, 4) is 11.6 Å². The van der Waals surface area contributed by atoms with E-state index in [2.05, 4.69) is 14.9 Å². The number of anilines is 1. The Hall–Kier alpha value is -2.90. The smallest absolute Gasteiger partial charge is 0.255 e. The number of carbonyl (C=O) groups excluding carboxylic acids is 1. The van der Waals surface area contributed by atoms with Crippen LogP contribution in [0.5, 0.6) is 11.6 Å². The summed E-state index contributed by atoms with van der Waals surface area (Å²) in [5.74, 6) is 0.762. The Bertz CT molecular complexity index is 1110. The quantitative estimate of drug-likeness (QED) is 0.544. The second kappa shape index (κ2) is 9.08. The Morgan fingerprint density at radius 2 is 1.90 bits per heavy atom. The fourth-order valence-corrected chi connectivity index (χ4v) is 3.86. The van der Waals surface area contributed by atoms with Crippen LogP contribution in [0.1, 0.15) is 17.3 Å². The van der Waals surface area contributed by atoms with Gasteiger partial charge in [0.1, 0.15) is 23.7 Å². The fraction of sp³-hybridized carbons (Fsp3) is 0.227. The molecular formula is C22H19Cl2FN4O2. The van der Waals surface area contributed by atoms with Gasteiger partial charge in [-0.2, -0.15) is 0 Å². The van der Waals surface area contributed by atoms with Gasteiger partial charge in [0.05, 0.1) is 15.6 Å². The van der Waals surface area contributed by atoms with E-state index in [0.29, 0.717) is 47.7 Å². The van der Waals surface area contributed by atoms with Gasteiger partial charge < -0.3 is 14.5 Å². The Labute approximate surface area is 189 Å². The average molecular weight is 461 g/mol. The molecule has 0 radical (unpaired) electrons. The fourth-order valence-electron chi connectivity index (χ4n) is 3.48. The van der Waals surface area contributed by atoms with Crippen molar-refractivity contribution in [2.45, 2.75) is 13.0 Å². The van der Waals surface area contributed by atoms with Crippen LogP contribution >= 0.6 is 23.2 Å². The lowest BCUT2D eigenvalue weighted by Gasteiger charge is -2.40. The van der Waals surface area contributed by atoms with Gasteiger partial charge in [0.15, 0.2) is 0 Å². The Morgan fingerprint density at radius 3 is 2.65 bits per heavy atom. The van der Waals surface area contributed by atoms with E-state index in [4.69, 9.17) is 27.9 Å². The summed E-state index contributed by atoms with van der Waals surface area (Å²) in [6, 6.07) is 12.8. The van der Waals surface area contributed by atoms with E-state index in [1.165, 1.54) is 24.5 Å². The lowest BCUT2D eigenvalue weighted by molar-refractivity contribution is 0.0674. The summed E-state index contributed by atoms with van der Waals surface area (Å²) in [6.07, 6.45) is 1.40. The third-order valence-electron chi connectivity index (χ3n) is 5.06. The molecule has 9 heteroatoms. The summed E-state index contributed by atoms with van der Waals surface area (Å²) in [6.45, 7) is 3.70. The molecule has 0 saturated carbocycles. The molecule has 1 amide bonds. The van der Waals surface area contributed by atoms with Crippen molar-refractivity contribution in [3.63, 3.8) is 0 Å². The van der Waals surface area contributed by atoms with Crippen LogP contribution in [0.2, 0.25) is 10.0 Å². The first-order chi connectivity index (χ1) is 14.9. The van der Waals surface area contributed by atoms with Gasteiger partial charge in [-0.05, 0) is 31.2 Å². The maximum absolute atomic E-state index is 13.3. The van der Waals surface area contributed by atoms with Crippen LogP contribution in [0.25, 0.3) is 0 Å². The van der Waals surface area contributed by atoms with E-state index in [-0.39, 0.29) is 17.0 Å². The van der Waals surface area contributed by atoms with Gasteiger partial charge in [0.2, 0.25) is 5.88 Å². The van der Waals surface area contributed by atoms with Crippen LogP contribution in [0.4, 0.5) is 10.2 Å². The van der Waals surface area contributed by atoms with Gasteiger partial charge in [0.25, 0.3) is 5.91 Å². The minimum Gasteiger partial charge on any atom is -0.439 e. The largest absolute Gasteiger partial charge is 0.439 e. The van der Waals surface area contributed by atoms with Crippen LogP contribution in [-0.4, -0.2) is 46.5 Å². The van der Waals surface area contributed by atoms with Crippen molar-refractivity contribution < 1.29 is 13.9 Å². The first-order valence-electron chi connectivity index (χ1n) is 9.68. The summed E-state index contributed by atoms with van der Waals surface area (Å²) >= 11 is 12.0. The van der Waals surface area contributed by atoms with Gasteiger partial charge in [0, 0.05) is 37.8 Å². The zero-order valence-electron chi connectivity index (χ0n) is 16.6. The van der Waals surface area contributed by atoms with Crippen LogP contribution in [-0.2, 0) is 0 Å². The number of amides is 1. The molecule has 1 aliphatic heterocycles. The lowest BCUT2D eigenvalue weighted by Crippen LogP contribution is -2.54. The van der Waals surface area contributed by atoms with E-state index in [9.17, 15) is 9.18 Å². The van der Waals surface area contributed by atoms with E-state index < -0.39 is 5.82 Å². The number of rotatable bonds is 4. The number of hydrogen-bond acceptors (Lipinski definition) is 5. The number of nitrogens with zero attached hydrogens (tertiary/aromatic N) is 4. The molecule has 4 rings (SSSR count). The first kappa shape index (κ1) is 21.3. The minimum atomic E-state index is -0.518. The van der Waals surface area contributed by atoms with E-state index in [0.717, 1.165) is 0 Å². The van der Waals surface area contributed by atoms with Gasteiger partial charge in [-0.15, -0.1) is 0 Å². The highest BCUT2D eigenvalue weighted by molar-refractivity contribution is 6.33. The highest BCUT2D eigenvalue weighted by Crippen LogP contribution is 2.27. The van der Waals surface area contributed by atoms with Crippen LogP contribution in [0.3, 0.4) is 0 Å². The van der Waals surface area contributed by atoms with Crippen LogP contribution in [0.15, 0.2) is 54.9 Å². The monoisotopic (exact) mass is 460 g/mol. The molecule has 1 aliphatic rings. The predicted molar refractivity (Wildman–Crippen MR) is 118 cm³/mol. The third kappa shape index (κ3) is 4.73. The van der Waals surface area contributed by atoms with Gasteiger partial charge in [-0.1, -0.05) is 35.3 Å². The number of benzene rings is 2. The molecule has 0 N–H and O–H groups in total. The number of piperazine rings is 1. The molecule has 1 fully saturated rings. The van der Waals surface area contributed by atoms with E-state index in [1.54, 1.807) is 30.3 Å². The maximum atomic E-state index is 13.3. The molecule has 0 bridgehead atoms. The van der Waals surface area contributed by atoms with Gasteiger partial charge >= 0.3 is 0 Å². The number of hydrogen-bond donors (Lipinski definition) is 0. The second-order valence-corrected chi connectivity index (χ2v) is 7.98. The van der Waals surface area contributed by atoms with Crippen molar-refractivity contribution in [3.05, 3.63) is 76.3 Å². The predicted octanol–water partition coefficient (Wildman–Crippen LogP) is 5.07. The van der Waals surface area contributed by atoms with Crippen LogP contribution < -0.4 is 9.64 Å². The molecule has 31 heavy (non-hydrogen) atoms. The highest BCUT2D eigenvalue weighted by atomic mass is 35.5. The second-order valence-electron chi connectivity index (χ2n) is 7.17. The van der Waals surface area contributed by atoms with E-state index >= 15 is 0 Å². The molecule has 160 valence electrons. The lowest BCUT2D eigenvalue weighted by atomic mass is 10.1. The molecule has 3 aromatic rings. The number of aromatic nitrogens is 2. The molecule has 2 aromatic carbocycles. The molecule has 0 spiro atoms. The van der Waals surface area contributed by atoms with Crippen molar-refractivity contribution in [1.82, 2.24) is 14.9 Å². The summed E-state index contributed by atoms with van der Waals surface area (Å²) < 4.78 is 19.0. The SMILES string of the molecule is C[C@H]1CN(c2cc(Oc3ccc(F)c(Cl)c3)ncn2)CCN1C(=O)c1ccccc1Cl. The summed E-state index contributed by atoms with van der Waals surface area (Å²) in [7, 11) is 0. The molecule has 0 aliphatic carbocycles. The summed E-state index contributed by atoms with van der Waals surface area (Å²) in [5, 5.41) is 0.417. The van der Waals surface area contributed by atoms with Crippen molar-refractivity contribution in [2.75, 3.05) is 24.5 Å². The van der Waals surface area contributed by atoms with Crippen molar-refractivity contribution >= 4 is 34.9 Å². The first-order valence-corrected chi connectivity index (χ1v) is 10.4. The average Bonchev–Trinajstić information content (AvgIpc) is 2.76. The molecule has 0 unspecified atom stereocenters. The number of ether oxygens (including phenoxy) is 1. The Kier molecular flexibility index (Phi) is 6.25. The maximum Gasteiger partial charge on any atom is 0.255 e. The topological polar surface area (TPSA) is 58.6 Å². The van der Waals surface area contributed by atoms with E-state index in [1.807, 2.05) is 11.8 Å². The summed E-state index contributed by atoms with van der Waals surface area (Å²) in [5.41, 5.74) is 0.500. The van der Waals surface area contributed by atoms with Crippen molar-refractivity contribution in [1.29, 1.82) is 0 Å².